The topological polar surface area (TPSA) is 75.9 Å². The minimum Gasteiger partial charge on any atom is -0.355 e. The van der Waals surface area contributed by atoms with Gasteiger partial charge in [-0.1, -0.05) is 42.5 Å². The van der Waals surface area contributed by atoms with E-state index in [9.17, 15) is 4.79 Å². The van der Waals surface area contributed by atoms with Crippen molar-refractivity contribution in [3.05, 3.63) is 84.6 Å². The molecular weight excluding hydrogens is 400 g/mol. The Morgan fingerprint density at radius 1 is 1.09 bits per heavy atom. The fourth-order valence-electron chi connectivity index (χ4n) is 4.48. The molecule has 0 radical (unpaired) electrons. The number of nitrogens with one attached hydrogen (secondary N) is 1. The number of para-hydroxylation sites is 2. The first kappa shape index (κ1) is 20.2. The van der Waals surface area contributed by atoms with Crippen LogP contribution in [0, 0.1) is 5.92 Å². The highest BCUT2D eigenvalue weighted by molar-refractivity contribution is 5.81. The smallest absolute Gasteiger partial charge is 0.225 e. The number of fused-ring (bicyclic) bond motifs is 1. The van der Waals surface area contributed by atoms with Crippen LogP contribution >= 0.6 is 0 Å². The second kappa shape index (κ2) is 8.78. The normalized spacial score (nSPS) is 17.3. The van der Waals surface area contributed by atoms with E-state index in [-0.39, 0.29) is 17.9 Å². The van der Waals surface area contributed by atoms with Gasteiger partial charge < -0.3 is 14.8 Å². The lowest BCUT2D eigenvalue weighted by Crippen LogP contribution is -2.44. The number of aryl methyl sites for hydroxylation is 1. The minimum absolute atomic E-state index is 0.0412. The maximum Gasteiger partial charge on any atom is 0.225 e. The standard InChI is InChI=1S/C25H26N6O/c1-30-21-12-6-5-11-20(21)28-24(30)23(18-8-3-2-4-9-18)29-25(32)19-10-7-15-31(17-19)22-16-26-13-14-27-22/h2-6,8-9,11-14,16,19,23H,7,10,15,17H2,1H3,(H,29,32). The average molecular weight is 427 g/mol. The van der Waals surface area contributed by atoms with Gasteiger partial charge in [-0.3, -0.25) is 9.78 Å². The van der Waals surface area contributed by atoms with Crippen LogP contribution in [0.15, 0.2) is 73.2 Å². The zero-order chi connectivity index (χ0) is 21.9. The first-order valence-electron chi connectivity index (χ1n) is 11.0. The largest absolute Gasteiger partial charge is 0.355 e. The lowest BCUT2D eigenvalue weighted by atomic mass is 9.96. The average Bonchev–Trinajstić information content (AvgIpc) is 3.20. The number of piperidine rings is 1. The SMILES string of the molecule is Cn1c(C(NC(=O)C2CCCN(c3cnccn3)C2)c2ccccc2)nc2ccccc21. The van der Waals surface area contributed by atoms with Crippen LogP contribution in [0.3, 0.4) is 0 Å². The third-order valence-corrected chi connectivity index (χ3v) is 6.17. The van der Waals surface area contributed by atoms with E-state index in [1.807, 2.05) is 55.6 Å². The molecule has 2 aromatic heterocycles. The highest BCUT2D eigenvalue weighted by Gasteiger charge is 2.30. The molecule has 4 aromatic rings. The molecule has 162 valence electrons. The summed E-state index contributed by atoms with van der Waals surface area (Å²) in [5, 5.41) is 3.31. The highest BCUT2D eigenvalue weighted by atomic mass is 16.2. The Labute approximate surface area is 187 Å². The Morgan fingerprint density at radius 3 is 2.69 bits per heavy atom. The molecule has 0 aliphatic carbocycles. The maximum atomic E-state index is 13.4. The van der Waals surface area contributed by atoms with E-state index >= 15 is 0 Å². The molecule has 1 aliphatic rings. The van der Waals surface area contributed by atoms with Crippen molar-refractivity contribution in [1.29, 1.82) is 0 Å². The summed E-state index contributed by atoms with van der Waals surface area (Å²) in [4.78, 5) is 29.0. The molecule has 1 fully saturated rings. The van der Waals surface area contributed by atoms with Crippen molar-refractivity contribution in [3.8, 4) is 0 Å². The number of hydrogen-bond acceptors (Lipinski definition) is 5. The van der Waals surface area contributed by atoms with E-state index < -0.39 is 0 Å². The number of hydrogen-bond donors (Lipinski definition) is 1. The van der Waals surface area contributed by atoms with Gasteiger partial charge in [-0.25, -0.2) is 9.97 Å². The van der Waals surface area contributed by atoms with Gasteiger partial charge in [-0.15, -0.1) is 0 Å². The summed E-state index contributed by atoms with van der Waals surface area (Å²) in [5.41, 5.74) is 2.98. The van der Waals surface area contributed by atoms with Crippen LogP contribution in [0.25, 0.3) is 11.0 Å². The second-order valence-electron chi connectivity index (χ2n) is 8.22. The van der Waals surface area contributed by atoms with E-state index in [2.05, 4.69) is 30.8 Å². The lowest BCUT2D eigenvalue weighted by molar-refractivity contribution is -0.125. The molecule has 5 rings (SSSR count). The van der Waals surface area contributed by atoms with Crippen LogP contribution in [0.5, 0.6) is 0 Å². The van der Waals surface area contributed by atoms with Crippen molar-refractivity contribution < 1.29 is 4.79 Å². The summed E-state index contributed by atoms with van der Waals surface area (Å²) in [6.07, 6.45) is 6.91. The van der Waals surface area contributed by atoms with E-state index in [0.717, 1.165) is 47.6 Å². The van der Waals surface area contributed by atoms with E-state index in [0.29, 0.717) is 6.54 Å². The van der Waals surface area contributed by atoms with Crippen molar-refractivity contribution in [2.45, 2.75) is 18.9 Å². The molecule has 1 aliphatic heterocycles. The molecule has 1 amide bonds. The van der Waals surface area contributed by atoms with Crippen molar-refractivity contribution in [2.75, 3.05) is 18.0 Å². The van der Waals surface area contributed by atoms with Crippen molar-refractivity contribution in [2.24, 2.45) is 13.0 Å². The van der Waals surface area contributed by atoms with Gasteiger partial charge in [0.25, 0.3) is 0 Å². The Kier molecular flexibility index (Phi) is 5.54. The molecule has 7 heteroatoms. The third-order valence-electron chi connectivity index (χ3n) is 6.17. The van der Waals surface area contributed by atoms with E-state index in [1.54, 1.807) is 18.6 Å². The number of aromatic nitrogens is 4. The Hall–Kier alpha value is -3.74. The van der Waals surface area contributed by atoms with Crippen LogP contribution in [-0.2, 0) is 11.8 Å². The quantitative estimate of drug-likeness (QED) is 0.529. The van der Waals surface area contributed by atoms with Gasteiger partial charge in [0.15, 0.2) is 0 Å². The second-order valence-corrected chi connectivity index (χ2v) is 8.22. The van der Waals surface area contributed by atoms with Crippen molar-refractivity contribution in [3.63, 3.8) is 0 Å². The molecule has 32 heavy (non-hydrogen) atoms. The zero-order valence-corrected chi connectivity index (χ0v) is 18.1. The molecular formula is C25H26N6O. The molecule has 7 nitrogen and oxygen atoms in total. The Balaban J connectivity index is 1.43. The number of carbonyl (C=O) groups is 1. The number of carbonyl (C=O) groups excluding carboxylic acids is 1. The molecule has 1 saturated heterocycles. The van der Waals surface area contributed by atoms with E-state index in [4.69, 9.17) is 4.98 Å². The molecule has 2 unspecified atom stereocenters. The zero-order valence-electron chi connectivity index (χ0n) is 18.1. The van der Waals surface area contributed by atoms with Crippen LogP contribution in [0.1, 0.15) is 30.3 Å². The number of imidazole rings is 1. The summed E-state index contributed by atoms with van der Waals surface area (Å²) in [6, 6.07) is 17.8. The summed E-state index contributed by atoms with van der Waals surface area (Å²) in [7, 11) is 2.00. The number of anilines is 1. The first-order chi connectivity index (χ1) is 15.7. The summed E-state index contributed by atoms with van der Waals surface area (Å²) >= 11 is 0. The van der Waals surface area contributed by atoms with Crippen LogP contribution < -0.4 is 10.2 Å². The number of rotatable bonds is 5. The summed E-state index contributed by atoms with van der Waals surface area (Å²) in [5.74, 6) is 1.57. The lowest BCUT2D eigenvalue weighted by Gasteiger charge is -2.33. The van der Waals surface area contributed by atoms with Crippen LogP contribution in [0.4, 0.5) is 5.82 Å². The first-order valence-corrected chi connectivity index (χ1v) is 11.0. The monoisotopic (exact) mass is 426 g/mol. The van der Waals surface area contributed by atoms with Gasteiger partial charge in [-0.05, 0) is 30.5 Å². The molecule has 0 spiro atoms. The molecule has 0 saturated carbocycles. The van der Waals surface area contributed by atoms with Gasteiger partial charge in [0.2, 0.25) is 5.91 Å². The summed E-state index contributed by atoms with van der Waals surface area (Å²) in [6.45, 7) is 1.52. The highest BCUT2D eigenvalue weighted by Crippen LogP contribution is 2.27. The van der Waals surface area contributed by atoms with Crippen molar-refractivity contribution >= 4 is 22.8 Å². The predicted octanol–water partition coefficient (Wildman–Crippen LogP) is 3.49. The van der Waals surface area contributed by atoms with Crippen molar-refractivity contribution in [1.82, 2.24) is 24.8 Å². The van der Waals surface area contributed by atoms with Gasteiger partial charge in [0, 0.05) is 32.5 Å². The fraction of sp³-hybridized carbons (Fsp3) is 0.280. The minimum atomic E-state index is -0.326. The fourth-order valence-corrected chi connectivity index (χ4v) is 4.48. The molecule has 0 bridgehead atoms. The van der Waals surface area contributed by atoms with Crippen LogP contribution in [0.2, 0.25) is 0 Å². The van der Waals surface area contributed by atoms with Gasteiger partial charge in [0.05, 0.1) is 23.1 Å². The van der Waals surface area contributed by atoms with Crippen LogP contribution in [-0.4, -0.2) is 38.5 Å². The van der Waals surface area contributed by atoms with Gasteiger partial charge in [-0.2, -0.15) is 0 Å². The molecule has 3 heterocycles. The van der Waals surface area contributed by atoms with Gasteiger partial charge >= 0.3 is 0 Å². The third kappa shape index (κ3) is 3.93. The van der Waals surface area contributed by atoms with Gasteiger partial charge in [0.1, 0.15) is 17.7 Å². The molecule has 1 N–H and O–H groups in total. The molecule has 2 aromatic carbocycles. The number of nitrogens with zero attached hydrogens (tertiary/aromatic N) is 5. The summed E-state index contributed by atoms with van der Waals surface area (Å²) < 4.78 is 2.07. The Bertz CT molecular complexity index is 1210. The number of benzene rings is 2. The van der Waals surface area contributed by atoms with E-state index in [1.165, 1.54) is 0 Å². The molecule has 2 atom stereocenters. The number of amides is 1. The Morgan fingerprint density at radius 2 is 1.91 bits per heavy atom. The maximum absolute atomic E-state index is 13.4. The predicted molar refractivity (Wildman–Crippen MR) is 124 cm³/mol.